The lowest BCUT2D eigenvalue weighted by Crippen LogP contribution is -2.29. The molecule has 0 amide bonds. The van der Waals surface area contributed by atoms with E-state index in [1.807, 2.05) is 12.1 Å². The molecule has 0 aliphatic carbocycles. The summed E-state index contributed by atoms with van der Waals surface area (Å²) < 4.78 is 7.61. The van der Waals surface area contributed by atoms with Crippen LogP contribution in [0.1, 0.15) is 22.0 Å². The van der Waals surface area contributed by atoms with E-state index in [2.05, 4.69) is 33.5 Å². The molecule has 2 heterocycles. The lowest BCUT2D eigenvalue weighted by Gasteiger charge is -2.16. The van der Waals surface area contributed by atoms with E-state index in [9.17, 15) is 0 Å². The number of hydrazine groups is 1. The van der Waals surface area contributed by atoms with Crippen molar-refractivity contribution >= 4 is 38.9 Å². The number of rotatable bonds is 4. The van der Waals surface area contributed by atoms with Gasteiger partial charge in [-0.1, -0.05) is 27.5 Å². The summed E-state index contributed by atoms with van der Waals surface area (Å²) in [6, 6.07) is 8.17. The van der Waals surface area contributed by atoms with Crippen molar-refractivity contribution in [3.63, 3.8) is 0 Å². The van der Waals surface area contributed by atoms with Crippen LogP contribution in [0.15, 0.2) is 28.7 Å². The Hall–Kier alpha value is -0.590. The minimum Gasteiger partial charge on any atom is -0.493 e. The highest BCUT2D eigenvalue weighted by Crippen LogP contribution is 2.36. The average molecular weight is 374 g/mol. The van der Waals surface area contributed by atoms with Crippen molar-refractivity contribution in [1.82, 2.24) is 5.43 Å². The second-order valence-corrected chi connectivity index (χ2v) is 7.38. The van der Waals surface area contributed by atoms with E-state index in [-0.39, 0.29) is 6.04 Å². The Morgan fingerprint density at radius 2 is 2.30 bits per heavy atom. The largest absolute Gasteiger partial charge is 0.493 e. The standard InChI is InChI=1S/C14H14BrClN2OS/c15-10-5-8-3-4-19-14(8)9(6-10)7-11(18-17)12-1-2-13(16)20-12/h1-2,5-6,11,18H,3-4,7,17H2. The molecule has 0 spiro atoms. The molecule has 0 radical (unpaired) electrons. The molecule has 20 heavy (non-hydrogen) atoms. The van der Waals surface area contributed by atoms with Crippen molar-refractivity contribution in [2.24, 2.45) is 5.84 Å². The first-order valence-electron chi connectivity index (χ1n) is 6.33. The van der Waals surface area contributed by atoms with Crippen molar-refractivity contribution < 1.29 is 4.74 Å². The summed E-state index contributed by atoms with van der Waals surface area (Å²) in [4.78, 5) is 1.13. The van der Waals surface area contributed by atoms with Gasteiger partial charge in [-0.15, -0.1) is 11.3 Å². The zero-order valence-electron chi connectivity index (χ0n) is 10.7. The van der Waals surface area contributed by atoms with E-state index in [1.165, 1.54) is 11.1 Å². The quantitative estimate of drug-likeness (QED) is 0.632. The fraction of sp³-hybridized carbons (Fsp3) is 0.286. The summed E-state index contributed by atoms with van der Waals surface area (Å²) in [7, 11) is 0. The van der Waals surface area contributed by atoms with Crippen molar-refractivity contribution in [2.45, 2.75) is 18.9 Å². The van der Waals surface area contributed by atoms with Crippen LogP contribution in [0.3, 0.4) is 0 Å². The van der Waals surface area contributed by atoms with Gasteiger partial charge in [0.1, 0.15) is 5.75 Å². The Morgan fingerprint density at radius 1 is 1.45 bits per heavy atom. The summed E-state index contributed by atoms with van der Waals surface area (Å²) in [5.74, 6) is 6.72. The van der Waals surface area contributed by atoms with Crippen molar-refractivity contribution in [1.29, 1.82) is 0 Å². The summed E-state index contributed by atoms with van der Waals surface area (Å²) >= 11 is 11.1. The van der Waals surface area contributed by atoms with E-state index in [0.717, 1.165) is 38.9 Å². The maximum atomic E-state index is 6.00. The molecule has 3 N–H and O–H groups in total. The Bertz CT molecular complexity index is 632. The number of fused-ring (bicyclic) bond motifs is 1. The van der Waals surface area contributed by atoms with Gasteiger partial charge in [0, 0.05) is 15.8 Å². The molecular weight excluding hydrogens is 360 g/mol. The number of ether oxygens (including phenoxy) is 1. The Labute approximate surface area is 135 Å². The van der Waals surface area contributed by atoms with Gasteiger partial charge in [0.15, 0.2) is 0 Å². The van der Waals surface area contributed by atoms with E-state index in [1.54, 1.807) is 11.3 Å². The summed E-state index contributed by atoms with van der Waals surface area (Å²) in [6.07, 6.45) is 1.74. The fourth-order valence-corrected chi connectivity index (χ4v) is 4.15. The van der Waals surface area contributed by atoms with E-state index >= 15 is 0 Å². The molecule has 1 aromatic carbocycles. The summed E-state index contributed by atoms with van der Waals surface area (Å²) in [6.45, 7) is 0.754. The molecule has 1 aliphatic heterocycles. The van der Waals surface area contributed by atoms with E-state index in [4.69, 9.17) is 22.2 Å². The number of nitrogens with two attached hydrogens (primary N) is 1. The highest BCUT2D eigenvalue weighted by Gasteiger charge is 2.21. The minimum atomic E-state index is 0.0371. The second kappa shape index (κ2) is 6.03. The van der Waals surface area contributed by atoms with Crippen LogP contribution in [0.4, 0.5) is 0 Å². The molecule has 2 aromatic rings. The zero-order chi connectivity index (χ0) is 14.1. The molecule has 3 nitrogen and oxygen atoms in total. The van der Waals surface area contributed by atoms with E-state index in [0.29, 0.717) is 0 Å². The van der Waals surface area contributed by atoms with Crippen LogP contribution >= 0.6 is 38.9 Å². The Kier molecular flexibility index (Phi) is 4.33. The molecule has 0 fully saturated rings. The highest BCUT2D eigenvalue weighted by molar-refractivity contribution is 9.10. The van der Waals surface area contributed by atoms with Crippen LogP contribution in [-0.2, 0) is 12.8 Å². The highest BCUT2D eigenvalue weighted by atomic mass is 79.9. The lowest BCUT2D eigenvalue weighted by molar-refractivity contribution is 0.351. The predicted molar refractivity (Wildman–Crippen MR) is 86.4 cm³/mol. The van der Waals surface area contributed by atoms with Gasteiger partial charge in [-0.05, 0) is 41.8 Å². The molecule has 106 valence electrons. The minimum absolute atomic E-state index is 0.0371. The normalized spacial score (nSPS) is 14.9. The number of hydrogen-bond acceptors (Lipinski definition) is 4. The summed E-state index contributed by atoms with van der Waals surface area (Å²) in [5, 5.41) is 0. The predicted octanol–water partition coefficient (Wildman–Crippen LogP) is 3.85. The molecular formula is C14H14BrClN2OS. The maximum Gasteiger partial charge on any atom is 0.125 e. The lowest BCUT2D eigenvalue weighted by atomic mass is 10.0. The number of nitrogens with one attached hydrogen (secondary N) is 1. The second-order valence-electron chi connectivity index (χ2n) is 4.72. The average Bonchev–Trinajstić information content (AvgIpc) is 3.04. The first-order chi connectivity index (χ1) is 9.67. The fourth-order valence-electron chi connectivity index (χ4n) is 2.47. The van der Waals surface area contributed by atoms with Crippen LogP contribution < -0.4 is 16.0 Å². The molecule has 6 heteroatoms. The Balaban J connectivity index is 1.90. The Morgan fingerprint density at radius 3 is 3.00 bits per heavy atom. The molecule has 1 unspecified atom stereocenters. The summed E-state index contributed by atoms with van der Waals surface area (Å²) in [5.41, 5.74) is 5.30. The number of halogens is 2. The molecule has 1 aliphatic rings. The smallest absolute Gasteiger partial charge is 0.125 e. The van der Waals surface area contributed by atoms with Crippen LogP contribution in [0.2, 0.25) is 4.34 Å². The number of hydrogen-bond donors (Lipinski definition) is 2. The van der Waals surface area contributed by atoms with Gasteiger partial charge >= 0.3 is 0 Å². The molecule has 0 bridgehead atoms. The van der Waals surface area contributed by atoms with Gasteiger partial charge in [-0.3, -0.25) is 11.3 Å². The van der Waals surface area contributed by atoms with Gasteiger partial charge in [0.25, 0.3) is 0 Å². The maximum absolute atomic E-state index is 6.00. The third-order valence-corrected chi connectivity index (χ3v) is 5.19. The third-order valence-electron chi connectivity index (χ3n) is 3.39. The van der Waals surface area contributed by atoms with Crippen molar-refractivity contribution in [3.05, 3.63) is 49.1 Å². The zero-order valence-corrected chi connectivity index (χ0v) is 13.8. The molecule has 1 atom stereocenters. The number of thiophene rings is 1. The third kappa shape index (κ3) is 2.87. The molecule has 1 aromatic heterocycles. The van der Waals surface area contributed by atoms with Crippen molar-refractivity contribution in [3.8, 4) is 5.75 Å². The van der Waals surface area contributed by atoms with Gasteiger partial charge in [-0.25, -0.2) is 0 Å². The number of benzene rings is 1. The SMILES string of the molecule is NNC(Cc1cc(Br)cc2c1OCC2)c1ccc(Cl)s1. The van der Waals surface area contributed by atoms with Crippen LogP contribution in [0.5, 0.6) is 5.75 Å². The van der Waals surface area contributed by atoms with Crippen molar-refractivity contribution in [2.75, 3.05) is 6.61 Å². The van der Waals surface area contributed by atoms with Crippen LogP contribution in [0.25, 0.3) is 0 Å². The van der Waals surface area contributed by atoms with E-state index < -0.39 is 0 Å². The first-order valence-corrected chi connectivity index (χ1v) is 8.31. The van der Waals surface area contributed by atoms with Gasteiger partial charge in [0.2, 0.25) is 0 Å². The van der Waals surface area contributed by atoms with Gasteiger partial charge < -0.3 is 4.74 Å². The molecule has 0 saturated carbocycles. The van der Waals surface area contributed by atoms with Gasteiger partial charge in [-0.2, -0.15) is 0 Å². The van der Waals surface area contributed by atoms with Crippen LogP contribution in [-0.4, -0.2) is 6.61 Å². The van der Waals surface area contributed by atoms with Gasteiger partial charge in [0.05, 0.1) is 17.0 Å². The molecule has 3 rings (SSSR count). The molecule has 0 saturated heterocycles. The topological polar surface area (TPSA) is 47.3 Å². The first kappa shape index (κ1) is 14.4. The monoisotopic (exact) mass is 372 g/mol. The van der Waals surface area contributed by atoms with Crippen LogP contribution in [0, 0.1) is 0 Å².